The second kappa shape index (κ2) is 12.9. The molecule has 9 rings (SSSR count). The molecule has 0 saturated heterocycles. The van der Waals surface area contributed by atoms with Gasteiger partial charge in [-0.05, 0) is 95.2 Å². The molecule has 0 amide bonds. The van der Waals surface area contributed by atoms with Crippen LogP contribution < -0.4 is 0 Å². The topological polar surface area (TPSA) is 0 Å². The number of allylic oxidation sites excluding steroid dienone is 4. The van der Waals surface area contributed by atoms with E-state index in [4.69, 9.17) is 0 Å². The fourth-order valence-electron chi connectivity index (χ4n) is 8.19. The van der Waals surface area contributed by atoms with Gasteiger partial charge in [0.05, 0.1) is 0 Å². The molecule has 0 heterocycles. The molecule has 0 heteroatoms. The minimum atomic E-state index is -0.169. The number of fused-ring (bicyclic) bond motifs is 2. The summed E-state index contributed by atoms with van der Waals surface area (Å²) in [5.41, 5.74) is 13.8. The zero-order valence-electron chi connectivity index (χ0n) is 28.8. The van der Waals surface area contributed by atoms with Gasteiger partial charge in [-0.2, -0.15) is 0 Å². The molecule has 0 spiro atoms. The highest BCUT2D eigenvalue weighted by atomic mass is 14.3. The minimum Gasteiger partial charge on any atom is -0.0739 e. The summed E-state index contributed by atoms with van der Waals surface area (Å²) in [6.07, 6.45) is 7.87. The molecule has 0 radical (unpaired) electrons. The molecule has 0 aromatic heterocycles. The average molecular weight is 651 g/mol. The Kier molecular flexibility index (Phi) is 7.79. The Morgan fingerprint density at radius 1 is 0.392 bits per heavy atom. The molecule has 0 saturated carbocycles. The fourth-order valence-corrected chi connectivity index (χ4v) is 8.19. The van der Waals surface area contributed by atoms with Crippen molar-refractivity contribution in [1.82, 2.24) is 0 Å². The third-order valence-corrected chi connectivity index (χ3v) is 10.7. The standard InChI is InChI=1S/C51H38/c1-51(33-17-24-39(35-51)36-18-5-2-6-19-36)40-31-32-47-48(34-40)50(44-28-14-12-26-42(44)38-22-9-4-10-23-38)46-30-16-15-29-45(46)49(47)43-27-13-11-25-41(43)37-20-7-3-8-21-37/h2-34H,35H2,1H3. The van der Waals surface area contributed by atoms with Crippen molar-refractivity contribution < 1.29 is 0 Å². The summed E-state index contributed by atoms with van der Waals surface area (Å²) in [5, 5.41) is 5.06. The molecule has 0 bridgehead atoms. The first-order valence-corrected chi connectivity index (χ1v) is 17.9. The first kappa shape index (κ1) is 30.8. The van der Waals surface area contributed by atoms with Gasteiger partial charge < -0.3 is 0 Å². The van der Waals surface area contributed by atoms with Crippen LogP contribution in [0.1, 0.15) is 24.5 Å². The van der Waals surface area contributed by atoms with Crippen molar-refractivity contribution in [2.75, 3.05) is 0 Å². The molecule has 1 aliphatic rings. The average Bonchev–Trinajstić information content (AvgIpc) is 3.21. The van der Waals surface area contributed by atoms with Crippen molar-refractivity contribution >= 4 is 27.1 Å². The molecule has 1 atom stereocenters. The lowest BCUT2D eigenvalue weighted by Gasteiger charge is -2.31. The van der Waals surface area contributed by atoms with Crippen LogP contribution >= 0.6 is 0 Å². The Morgan fingerprint density at radius 3 is 1.37 bits per heavy atom. The molecule has 242 valence electrons. The minimum absolute atomic E-state index is 0.169. The molecule has 0 nitrogen and oxygen atoms in total. The molecule has 0 N–H and O–H groups in total. The smallest absolute Gasteiger partial charge is 0.0147 e. The van der Waals surface area contributed by atoms with E-state index in [-0.39, 0.29) is 5.41 Å². The normalized spacial score (nSPS) is 15.6. The van der Waals surface area contributed by atoms with Crippen molar-refractivity contribution in [2.24, 2.45) is 0 Å². The van der Waals surface area contributed by atoms with E-state index < -0.39 is 0 Å². The molecule has 8 aromatic carbocycles. The van der Waals surface area contributed by atoms with Crippen LogP contribution in [0.4, 0.5) is 0 Å². The molecule has 1 unspecified atom stereocenters. The molecule has 0 fully saturated rings. The molecule has 51 heavy (non-hydrogen) atoms. The first-order valence-electron chi connectivity index (χ1n) is 17.9. The van der Waals surface area contributed by atoms with E-state index in [9.17, 15) is 0 Å². The van der Waals surface area contributed by atoms with Crippen LogP contribution in [0.3, 0.4) is 0 Å². The van der Waals surface area contributed by atoms with Crippen molar-refractivity contribution in [3.63, 3.8) is 0 Å². The third kappa shape index (κ3) is 5.50. The van der Waals surface area contributed by atoms with Crippen LogP contribution in [0.2, 0.25) is 0 Å². The summed E-state index contributed by atoms with van der Waals surface area (Å²) < 4.78 is 0. The van der Waals surface area contributed by atoms with E-state index in [1.807, 2.05) is 0 Å². The summed E-state index contributed by atoms with van der Waals surface area (Å²) in [6, 6.07) is 66.6. The van der Waals surface area contributed by atoms with Gasteiger partial charge in [0.2, 0.25) is 0 Å². The zero-order chi connectivity index (χ0) is 34.2. The predicted molar refractivity (Wildman–Crippen MR) is 219 cm³/mol. The van der Waals surface area contributed by atoms with E-state index in [2.05, 4.69) is 207 Å². The maximum absolute atomic E-state index is 2.51. The first-order chi connectivity index (χ1) is 25.2. The van der Waals surface area contributed by atoms with E-state index in [0.29, 0.717) is 0 Å². The van der Waals surface area contributed by atoms with Crippen LogP contribution in [-0.4, -0.2) is 0 Å². The van der Waals surface area contributed by atoms with Crippen molar-refractivity contribution in [3.8, 4) is 44.5 Å². The lowest BCUT2D eigenvalue weighted by molar-refractivity contribution is 0.610. The van der Waals surface area contributed by atoms with Gasteiger partial charge in [0.25, 0.3) is 0 Å². The van der Waals surface area contributed by atoms with Crippen LogP contribution in [0, 0.1) is 0 Å². The highest BCUT2D eigenvalue weighted by molar-refractivity contribution is 6.23. The highest BCUT2D eigenvalue weighted by Gasteiger charge is 2.29. The Balaban J connectivity index is 1.36. The van der Waals surface area contributed by atoms with Crippen LogP contribution in [0.15, 0.2) is 200 Å². The van der Waals surface area contributed by atoms with Crippen molar-refractivity contribution in [1.29, 1.82) is 0 Å². The Bertz CT molecular complexity index is 2590. The summed E-state index contributed by atoms with van der Waals surface area (Å²) in [6.45, 7) is 2.39. The van der Waals surface area contributed by atoms with Gasteiger partial charge in [-0.1, -0.05) is 201 Å². The lowest BCUT2D eigenvalue weighted by atomic mass is 9.72. The largest absolute Gasteiger partial charge is 0.0739 e. The summed E-state index contributed by atoms with van der Waals surface area (Å²) in [7, 11) is 0. The van der Waals surface area contributed by atoms with E-state index >= 15 is 0 Å². The maximum Gasteiger partial charge on any atom is 0.0147 e. The van der Waals surface area contributed by atoms with Crippen LogP contribution in [-0.2, 0) is 5.41 Å². The van der Waals surface area contributed by atoms with Gasteiger partial charge in [0, 0.05) is 5.41 Å². The quantitative estimate of drug-likeness (QED) is 0.157. The predicted octanol–water partition coefficient (Wildman–Crippen LogP) is 14.0. The lowest BCUT2D eigenvalue weighted by Crippen LogP contribution is -2.21. The van der Waals surface area contributed by atoms with Gasteiger partial charge in [-0.3, -0.25) is 0 Å². The number of rotatable bonds is 6. The van der Waals surface area contributed by atoms with E-state index in [1.54, 1.807) is 0 Å². The Labute approximate surface area is 300 Å². The summed E-state index contributed by atoms with van der Waals surface area (Å²) in [4.78, 5) is 0. The highest BCUT2D eigenvalue weighted by Crippen LogP contribution is 2.49. The molecular formula is C51H38. The van der Waals surface area contributed by atoms with Crippen LogP contribution in [0.25, 0.3) is 71.6 Å². The second-order valence-electron chi connectivity index (χ2n) is 13.9. The van der Waals surface area contributed by atoms with Crippen LogP contribution in [0.5, 0.6) is 0 Å². The van der Waals surface area contributed by atoms with Gasteiger partial charge >= 0.3 is 0 Å². The van der Waals surface area contributed by atoms with Gasteiger partial charge in [-0.25, -0.2) is 0 Å². The number of benzene rings is 8. The Hall–Kier alpha value is -6.24. The van der Waals surface area contributed by atoms with E-state index in [0.717, 1.165) is 6.42 Å². The molecule has 8 aromatic rings. The van der Waals surface area contributed by atoms with E-state index in [1.165, 1.54) is 82.8 Å². The zero-order valence-corrected chi connectivity index (χ0v) is 28.8. The van der Waals surface area contributed by atoms with Gasteiger partial charge in [0.1, 0.15) is 0 Å². The number of hydrogen-bond donors (Lipinski definition) is 0. The SMILES string of the molecule is CC1(c2ccc3c(-c4ccccc4-c4ccccc4)c4ccccc4c(-c4ccccc4-c4ccccc4)c3c2)C=CC=C(c2ccccc2)C1. The maximum atomic E-state index is 2.51. The van der Waals surface area contributed by atoms with Gasteiger partial charge in [-0.15, -0.1) is 0 Å². The van der Waals surface area contributed by atoms with Crippen molar-refractivity contribution in [3.05, 3.63) is 211 Å². The molecular weight excluding hydrogens is 613 g/mol. The monoisotopic (exact) mass is 650 g/mol. The molecule has 1 aliphatic carbocycles. The number of hydrogen-bond acceptors (Lipinski definition) is 0. The fraction of sp³-hybridized carbons (Fsp3) is 0.0588. The summed E-state index contributed by atoms with van der Waals surface area (Å²) in [5.74, 6) is 0. The molecule has 0 aliphatic heterocycles. The van der Waals surface area contributed by atoms with Crippen molar-refractivity contribution in [2.45, 2.75) is 18.8 Å². The van der Waals surface area contributed by atoms with Gasteiger partial charge in [0.15, 0.2) is 0 Å². The summed E-state index contributed by atoms with van der Waals surface area (Å²) >= 11 is 0. The second-order valence-corrected chi connectivity index (χ2v) is 13.9. The third-order valence-electron chi connectivity index (χ3n) is 10.7. The Morgan fingerprint density at radius 2 is 0.824 bits per heavy atom.